The van der Waals surface area contributed by atoms with E-state index in [-0.39, 0.29) is 11.6 Å². The maximum atomic E-state index is 13.4. The Hall–Kier alpha value is -2.92. The van der Waals surface area contributed by atoms with Gasteiger partial charge < -0.3 is 4.90 Å². The third kappa shape index (κ3) is 3.85. The predicted molar refractivity (Wildman–Crippen MR) is 107 cm³/mol. The summed E-state index contributed by atoms with van der Waals surface area (Å²) in [7, 11) is 2.06. The van der Waals surface area contributed by atoms with Gasteiger partial charge in [0.2, 0.25) is 0 Å². The molecule has 2 aromatic carbocycles. The van der Waals surface area contributed by atoms with Crippen molar-refractivity contribution in [3.8, 4) is 11.3 Å². The average Bonchev–Trinajstić information content (AvgIpc) is 2.82. The second-order valence-corrected chi connectivity index (χ2v) is 7.22. The molecule has 2 heterocycles. The van der Waals surface area contributed by atoms with Crippen molar-refractivity contribution in [1.82, 2.24) is 14.9 Å². The normalized spacial score (nSPS) is 14.6. The SMILES string of the molecule is C=C1CN(C)CCc2c1nc(Cc1ccc(F)cc1)nc2-c1ccc(F)cc1. The highest BCUT2D eigenvalue weighted by Crippen LogP contribution is 2.30. The topological polar surface area (TPSA) is 29.0 Å². The minimum atomic E-state index is -0.278. The monoisotopic (exact) mass is 377 g/mol. The summed E-state index contributed by atoms with van der Waals surface area (Å²) in [5.41, 5.74) is 5.47. The molecule has 0 spiro atoms. The average molecular weight is 377 g/mol. The van der Waals surface area contributed by atoms with E-state index in [2.05, 4.69) is 18.5 Å². The molecule has 1 aromatic heterocycles. The quantitative estimate of drug-likeness (QED) is 0.672. The fourth-order valence-electron chi connectivity index (χ4n) is 3.55. The molecule has 3 nitrogen and oxygen atoms in total. The molecule has 0 saturated carbocycles. The molecular weight excluding hydrogens is 356 g/mol. The Morgan fingerprint density at radius 2 is 1.54 bits per heavy atom. The second-order valence-electron chi connectivity index (χ2n) is 7.22. The van der Waals surface area contributed by atoms with Crippen LogP contribution in [0, 0.1) is 11.6 Å². The number of benzene rings is 2. The van der Waals surface area contributed by atoms with E-state index in [1.54, 1.807) is 24.3 Å². The van der Waals surface area contributed by atoms with Crippen molar-refractivity contribution in [2.45, 2.75) is 12.8 Å². The van der Waals surface area contributed by atoms with Gasteiger partial charge in [-0.2, -0.15) is 0 Å². The first-order valence-electron chi connectivity index (χ1n) is 9.26. The summed E-state index contributed by atoms with van der Waals surface area (Å²) < 4.78 is 26.7. The Balaban J connectivity index is 1.83. The van der Waals surface area contributed by atoms with Gasteiger partial charge in [-0.3, -0.25) is 0 Å². The van der Waals surface area contributed by atoms with Crippen molar-refractivity contribution in [1.29, 1.82) is 0 Å². The number of likely N-dealkylation sites (N-methyl/N-ethyl adjacent to an activating group) is 1. The van der Waals surface area contributed by atoms with E-state index in [0.717, 1.165) is 53.2 Å². The molecule has 1 aliphatic rings. The summed E-state index contributed by atoms with van der Waals surface area (Å²) in [5.74, 6) is 0.102. The fourth-order valence-corrected chi connectivity index (χ4v) is 3.55. The van der Waals surface area contributed by atoms with Crippen molar-refractivity contribution in [3.63, 3.8) is 0 Å². The van der Waals surface area contributed by atoms with Gasteiger partial charge in [0.05, 0.1) is 11.4 Å². The van der Waals surface area contributed by atoms with Crippen LogP contribution in [-0.4, -0.2) is 35.0 Å². The van der Waals surface area contributed by atoms with Crippen LogP contribution >= 0.6 is 0 Å². The summed E-state index contributed by atoms with van der Waals surface area (Å²) in [6.45, 7) is 5.85. The number of aromatic nitrogens is 2. The zero-order valence-corrected chi connectivity index (χ0v) is 15.8. The van der Waals surface area contributed by atoms with Crippen molar-refractivity contribution >= 4 is 5.57 Å². The van der Waals surface area contributed by atoms with Crippen LogP contribution in [-0.2, 0) is 12.8 Å². The van der Waals surface area contributed by atoms with Crippen LogP contribution in [0.3, 0.4) is 0 Å². The largest absolute Gasteiger partial charge is 0.302 e. The Kier molecular flexibility index (Phi) is 5.01. The predicted octanol–water partition coefficient (Wildman–Crippen LogP) is 4.51. The number of fused-ring (bicyclic) bond motifs is 1. The van der Waals surface area contributed by atoms with Crippen LogP contribution in [0.4, 0.5) is 8.78 Å². The molecule has 0 bridgehead atoms. The first-order valence-corrected chi connectivity index (χ1v) is 9.26. The summed E-state index contributed by atoms with van der Waals surface area (Å²) in [4.78, 5) is 11.8. The Bertz CT molecular complexity index is 1010. The van der Waals surface area contributed by atoms with Gasteiger partial charge in [0, 0.05) is 30.6 Å². The minimum absolute atomic E-state index is 0.269. The molecule has 0 aliphatic carbocycles. The Morgan fingerprint density at radius 3 is 2.21 bits per heavy atom. The summed E-state index contributed by atoms with van der Waals surface area (Å²) in [6.07, 6.45) is 1.29. The van der Waals surface area contributed by atoms with Crippen LogP contribution in [0.15, 0.2) is 55.1 Å². The summed E-state index contributed by atoms with van der Waals surface area (Å²) in [6, 6.07) is 12.7. The van der Waals surface area contributed by atoms with Crippen LogP contribution in [0.5, 0.6) is 0 Å². The number of halogens is 2. The summed E-state index contributed by atoms with van der Waals surface area (Å²) >= 11 is 0. The van der Waals surface area contributed by atoms with Crippen LogP contribution < -0.4 is 0 Å². The molecule has 0 unspecified atom stereocenters. The lowest BCUT2D eigenvalue weighted by Crippen LogP contribution is -2.20. The number of hydrogen-bond acceptors (Lipinski definition) is 3. The Morgan fingerprint density at radius 1 is 0.929 bits per heavy atom. The molecule has 142 valence electrons. The highest BCUT2D eigenvalue weighted by Gasteiger charge is 2.22. The zero-order valence-electron chi connectivity index (χ0n) is 15.8. The van der Waals surface area contributed by atoms with Gasteiger partial charge in [0.1, 0.15) is 17.5 Å². The van der Waals surface area contributed by atoms with E-state index in [0.29, 0.717) is 12.2 Å². The minimum Gasteiger partial charge on any atom is -0.302 e. The molecule has 5 heteroatoms. The van der Waals surface area contributed by atoms with Crippen molar-refractivity contribution in [2.24, 2.45) is 0 Å². The molecule has 4 rings (SSSR count). The smallest absolute Gasteiger partial charge is 0.134 e. The van der Waals surface area contributed by atoms with E-state index in [9.17, 15) is 8.78 Å². The van der Waals surface area contributed by atoms with Gasteiger partial charge in [-0.25, -0.2) is 18.7 Å². The molecule has 0 radical (unpaired) electrons. The van der Waals surface area contributed by atoms with Crippen molar-refractivity contribution in [3.05, 3.63) is 89.4 Å². The molecule has 0 saturated heterocycles. The third-order valence-corrected chi connectivity index (χ3v) is 4.99. The lowest BCUT2D eigenvalue weighted by atomic mass is 9.99. The molecular formula is C23H21F2N3. The van der Waals surface area contributed by atoms with Crippen LogP contribution in [0.2, 0.25) is 0 Å². The van der Waals surface area contributed by atoms with Gasteiger partial charge in [-0.1, -0.05) is 18.7 Å². The number of hydrogen-bond donors (Lipinski definition) is 0. The highest BCUT2D eigenvalue weighted by atomic mass is 19.1. The van der Waals surface area contributed by atoms with Crippen molar-refractivity contribution < 1.29 is 8.78 Å². The standard InChI is InChI=1S/C23H21F2N3/c1-15-14-28(2)12-11-20-22(15)26-21(13-16-3-7-18(24)8-4-16)27-23(20)17-5-9-19(25)10-6-17/h3-10H,1,11-14H2,2H3. The van der Waals surface area contributed by atoms with Gasteiger partial charge >= 0.3 is 0 Å². The van der Waals surface area contributed by atoms with E-state index in [4.69, 9.17) is 9.97 Å². The molecule has 0 amide bonds. The van der Waals surface area contributed by atoms with Gasteiger partial charge in [0.25, 0.3) is 0 Å². The van der Waals surface area contributed by atoms with E-state index in [1.165, 1.54) is 24.3 Å². The molecule has 0 N–H and O–H groups in total. The molecule has 1 aliphatic heterocycles. The highest BCUT2D eigenvalue weighted by molar-refractivity contribution is 5.73. The van der Waals surface area contributed by atoms with Crippen LogP contribution in [0.1, 0.15) is 22.6 Å². The van der Waals surface area contributed by atoms with Gasteiger partial charge in [-0.05, 0) is 61.0 Å². The summed E-state index contributed by atoms with van der Waals surface area (Å²) in [5, 5.41) is 0. The molecule has 28 heavy (non-hydrogen) atoms. The van der Waals surface area contributed by atoms with Gasteiger partial charge in [-0.15, -0.1) is 0 Å². The third-order valence-electron chi connectivity index (χ3n) is 4.99. The molecule has 0 atom stereocenters. The number of rotatable bonds is 3. The number of nitrogens with zero attached hydrogens (tertiary/aromatic N) is 3. The maximum absolute atomic E-state index is 13.4. The lowest BCUT2D eigenvalue weighted by Gasteiger charge is -2.14. The van der Waals surface area contributed by atoms with Crippen LogP contribution in [0.25, 0.3) is 16.8 Å². The lowest BCUT2D eigenvalue weighted by molar-refractivity contribution is 0.386. The molecule has 0 fully saturated rings. The first-order chi connectivity index (χ1) is 13.5. The van der Waals surface area contributed by atoms with E-state index < -0.39 is 0 Å². The Labute approximate surface area is 163 Å². The van der Waals surface area contributed by atoms with E-state index >= 15 is 0 Å². The zero-order chi connectivity index (χ0) is 19.7. The first kappa shape index (κ1) is 18.4. The maximum Gasteiger partial charge on any atom is 0.134 e. The fraction of sp³-hybridized carbons (Fsp3) is 0.217. The van der Waals surface area contributed by atoms with Gasteiger partial charge in [0.15, 0.2) is 0 Å². The van der Waals surface area contributed by atoms with Crippen molar-refractivity contribution in [2.75, 3.05) is 20.1 Å². The van der Waals surface area contributed by atoms with E-state index in [1.807, 2.05) is 0 Å². The second kappa shape index (κ2) is 7.60. The molecule has 3 aromatic rings.